The minimum atomic E-state index is -4.79. The van der Waals surface area contributed by atoms with E-state index in [9.17, 15) is 24.4 Å². The lowest BCUT2D eigenvalue weighted by Crippen LogP contribution is -2.29. The molecule has 0 radical (unpaired) electrons. The first-order valence-corrected chi connectivity index (χ1v) is 20.8. The van der Waals surface area contributed by atoms with Crippen molar-refractivity contribution in [1.82, 2.24) is 0 Å². The second kappa shape index (κ2) is 34.2. The van der Waals surface area contributed by atoms with Gasteiger partial charge < -0.3 is 29.5 Å². The largest absolute Gasteiger partial charge is 0.469 e. The van der Waals surface area contributed by atoms with Gasteiger partial charge in [0.15, 0.2) is 6.10 Å². The smallest absolute Gasteiger partial charge is 0.462 e. The summed E-state index contributed by atoms with van der Waals surface area (Å²) in [6, 6.07) is 0. The Hall–Kier alpha value is -2.59. The van der Waals surface area contributed by atoms with Crippen LogP contribution in [-0.4, -0.2) is 63.5 Å². The van der Waals surface area contributed by atoms with Crippen molar-refractivity contribution in [1.29, 1.82) is 0 Å². The number of phosphoric ester groups is 1. The maximum atomic E-state index is 12.4. The highest BCUT2D eigenvalue weighted by Crippen LogP contribution is 2.36. The SMILES string of the molecule is CC/C=C\C[C@@H](O)/C=C/C=C\C=C\[C@@H](O)C/C=C\C/C=C\CCC(=O)OC[C@H](COP(=O)(O)O)OC(=O)CCCCCCCCCCCCC(C)C. The Morgan fingerprint density at radius 1 is 0.654 bits per heavy atom. The lowest BCUT2D eigenvalue weighted by Gasteiger charge is -2.18. The van der Waals surface area contributed by atoms with Crippen LogP contribution in [0.2, 0.25) is 0 Å². The topological polar surface area (TPSA) is 160 Å². The molecule has 0 saturated carbocycles. The van der Waals surface area contributed by atoms with E-state index in [4.69, 9.17) is 19.3 Å². The molecular weight excluding hydrogens is 683 g/mol. The first kappa shape index (κ1) is 49.4. The molecule has 0 aliphatic rings. The molecule has 0 amide bonds. The number of aliphatic hydroxyl groups excluding tert-OH is 2. The summed E-state index contributed by atoms with van der Waals surface area (Å²) in [6.07, 6.45) is 35.7. The fourth-order valence-corrected chi connectivity index (χ4v) is 5.29. The van der Waals surface area contributed by atoms with E-state index in [-0.39, 0.29) is 19.4 Å². The quantitative estimate of drug-likeness (QED) is 0.0167. The molecule has 0 bridgehead atoms. The molecule has 0 rings (SSSR count). The molecule has 0 unspecified atom stereocenters. The summed E-state index contributed by atoms with van der Waals surface area (Å²) in [5, 5.41) is 19.9. The predicted molar refractivity (Wildman–Crippen MR) is 209 cm³/mol. The molecule has 0 aromatic carbocycles. The number of ether oxygens (including phenoxy) is 2. The maximum Gasteiger partial charge on any atom is 0.469 e. The van der Waals surface area contributed by atoms with Crippen LogP contribution in [0, 0.1) is 5.92 Å². The van der Waals surface area contributed by atoms with E-state index in [1.165, 1.54) is 44.9 Å². The summed E-state index contributed by atoms with van der Waals surface area (Å²) in [6.45, 7) is 5.62. The fraction of sp³-hybridized carbons (Fsp3) is 0.659. The van der Waals surface area contributed by atoms with Crippen molar-refractivity contribution >= 4 is 19.8 Å². The zero-order chi connectivity index (χ0) is 38.7. The minimum absolute atomic E-state index is 0.0828. The summed E-state index contributed by atoms with van der Waals surface area (Å²) in [5.74, 6) is -0.277. The molecule has 0 fully saturated rings. The number of unbranched alkanes of at least 4 members (excludes halogenated alkanes) is 9. The standard InChI is InChI=1S/C41H69O10P/c1-4-5-20-28-37(42)30-23-18-19-24-31-38(43)29-22-15-12-13-16-25-32-40(44)49-34-39(35-50-52(46,47)48)51-41(45)33-26-17-11-9-7-6-8-10-14-21-27-36(2)3/h5,13,15-16,18-20,22-24,30-31,36-39,42-43H,4,6-12,14,17,21,25-29,32-35H2,1-3H3,(H2,46,47,48)/b16-13-,19-18-,20-5-,22-15-,30-23+,31-24+/t37-,38+,39-/m1/s1. The number of rotatable bonds is 33. The highest BCUT2D eigenvalue weighted by molar-refractivity contribution is 7.46. The normalized spacial score (nSPS) is 14.6. The number of hydrogen-bond donors (Lipinski definition) is 4. The Balaban J connectivity index is 4.23. The molecule has 10 nitrogen and oxygen atoms in total. The van der Waals surface area contributed by atoms with Gasteiger partial charge in [-0.05, 0) is 44.4 Å². The van der Waals surface area contributed by atoms with Crippen molar-refractivity contribution in [2.75, 3.05) is 13.2 Å². The summed E-state index contributed by atoms with van der Waals surface area (Å²) in [7, 11) is -4.79. The van der Waals surface area contributed by atoms with Gasteiger partial charge in [0, 0.05) is 12.8 Å². The van der Waals surface area contributed by atoms with Crippen LogP contribution < -0.4 is 0 Å². The average molecular weight is 753 g/mol. The number of allylic oxidation sites excluding steroid dienone is 8. The summed E-state index contributed by atoms with van der Waals surface area (Å²) in [5.41, 5.74) is 0. The van der Waals surface area contributed by atoms with Crippen molar-refractivity contribution in [3.8, 4) is 0 Å². The highest BCUT2D eigenvalue weighted by Gasteiger charge is 2.22. The van der Waals surface area contributed by atoms with Gasteiger partial charge in [-0.3, -0.25) is 14.1 Å². The van der Waals surface area contributed by atoms with E-state index < -0.39 is 44.7 Å². The van der Waals surface area contributed by atoms with Crippen LogP contribution in [-0.2, 0) is 28.2 Å². The molecular formula is C41H69O10P. The Bertz CT molecular complexity index is 1120. The van der Waals surface area contributed by atoms with Crippen LogP contribution in [0.5, 0.6) is 0 Å². The maximum absolute atomic E-state index is 12.4. The predicted octanol–water partition coefficient (Wildman–Crippen LogP) is 9.31. The Kier molecular flexibility index (Phi) is 32.5. The van der Waals surface area contributed by atoms with E-state index in [1.807, 2.05) is 43.4 Å². The first-order valence-electron chi connectivity index (χ1n) is 19.3. The zero-order valence-electron chi connectivity index (χ0n) is 32.1. The van der Waals surface area contributed by atoms with Crippen molar-refractivity contribution < 1.29 is 48.2 Å². The van der Waals surface area contributed by atoms with Gasteiger partial charge in [-0.25, -0.2) is 4.57 Å². The lowest BCUT2D eigenvalue weighted by atomic mass is 10.0. The first-order chi connectivity index (χ1) is 24.9. The third kappa shape index (κ3) is 37.2. The van der Waals surface area contributed by atoms with Crippen LogP contribution in [0.25, 0.3) is 0 Å². The van der Waals surface area contributed by atoms with Gasteiger partial charge in [-0.1, -0.05) is 158 Å². The number of esters is 2. The minimum Gasteiger partial charge on any atom is -0.462 e. The van der Waals surface area contributed by atoms with Gasteiger partial charge >= 0.3 is 19.8 Å². The molecule has 0 aliphatic carbocycles. The number of phosphoric acid groups is 1. The highest BCUT2D eigenvalue weighted by atomic mass is 31.2. The van der Waals surface area contributed by atoms with Gasteiger partial charge in [0.25, 0.3) is 0 Å². The van der Waals surface area contributed by atoms with Gasteiger partial charge in [0.1, 0.15) is 6.61 Å². The Morgan fingerprint density at radius 3 is 1.75 bits per heavy atom. The average Bonchev–Trinajstić information content (AvgIpc) is 3.08. The van der Waals surface area contributed by atoms with Crippen molar-refractivity contribution in [2.45, 2.75) is 155 Å². The van der Waals surface area contributed by atoms with Gasteiger partial charge in [-0.15, -0.1) is 0 Å². The monoisotopic (exact) mass is 752 g/mol. The lowest BCUT2D eigenvalue weighted by molar-refractivity contribution is -0.161. The molecule has 0 aliphatic heterocycles. The van der Waals surface area contributed by atoms with Gasteiger partial charge in [-0.2, -0.15) is 0 Å². The third-order valence-corrected chi connectivity index (χ3v) is 8.33. The second-order valence-corrected chi connectivity index (χ2v) is 14.6. The summed E-state index contributed by atoms with van der Waals surface area (Å²) in [4.78, 5) is 42.7. The number of carbonyl (C=O) groups excluding carboxylic acids is 2. The van der Waals surface area contributed by atoms with E-state index in [0.717, 1.165) is 31.6 Å². The van der Waals surface area contributed by atoms with E-state index in [0.29, 0.717) is 32.1 Å². The number of aliphatic hydroxyl groups is 2. The van der Waals surface area contributed by atoms with E-state index >= 15 is 0 Å². The third-order valence-electron chi connectivity index (χ3n) is 7.85. The van der Waals surface area contributed by atoms with Gasteiger partial charge in [0.05, 0.1) is 18.8 Å². The Morgan fingerprint density at radius 2 is 1.19 bits per heavy atom. The molecule has 4 N–H and O–H groups in total. The van der Waals surface area contributed by atoms with E-state index in [2.05, 4.69) is 18.4 Å². The van der Waals surface area contributed by atoms with Crippen LogP contribution >= 0.6 is 7.82 Å². The zero-order valence-corrected chi connectivity index (χ0v) is 33.0. The molecule has 0 heterocycles. The second-order valence-electron chi connectivity index (χ2n) is 13.4. The molecule has 52 heavy (non-hydrogen) atoms. The summed E-state index contributed by atoms with van der Waals surface area (Å²) >= 11 is 0. The van der Waals surface area contributed by atoms with Crippen LogP contribution in [0.3, 0.4) is 0 Å². The van der Waals surface area contributed by atoms with Gasteiger partial charge in [0.2, 0.25) is 0 Å². The van der Waals surface area contributed by atoms with Crippen LogP contribution in [0.1, 0.15) is 136 Å². The summed E-state index contributed by atoms with van der Waals surface area (Å²) < 4.78 is 26.2. The number of carbonyl (C=O) groups is 2. The molecule has 3 atom stereocenters. The molecule has 298 valence electrons. The Labute approximate surface area is 314 Å². The molecule has 0 saturated heterocycles. The number of hydrogen-bond acceptors (Lipinski definition) is 8. The fourth-order valence-electron chi connectivity index (χ4n) is 4.93. The van der Waals surface area contributed by atoms with Crippen LogP contribution in [0.4, 0.5) is 0 Å². The molecule has 0 aromatic rings. The molecule has 11 heteroatoms. The molecule has 0 aromatic heterocycles. The van der Waals surface area contributed by atoms with Crippen molar-refractivity contribution in [3.63, 3.8) is 0 Å². The molecule has 0 spiro atoms. The van der Waals surface area contributed by atoms with Crippen molar-refractivity contribution in [2.24, 2.45) is 5.92 Å². The van der Waals surface area contributed by atoms with Crippen LogP contribution in [0.15, 0.2) is 72.9 Å². The van der Waals surface area contributed by atoms with E-state index in [1.54, 1.807) is 36.5 Å². The van der Waals surface area contributed by atoms with Crippen molar-refractivity contribution in [3.05, 3.63) is 72.9 Å².